The zero-order valence-electron chi connectivity index (χ0n) is 13.3. The predicted octanol–water partition coefficient (Wildman–Crippen LogP) is 3.50. The summed E-state index contributed by atoms with van der Waals surface area (Å²) in [6.07, 6.45) is 0. The molecule has 0 radical (unpaired) electrons. The molecule has 110 valence electrons. The lowest BCUT2D eigenvalue weighted by molar-refractivity contribution is 0.814. The van der Waals surface area contributed by atoms with Gasteiger partial charge in [-0.3, -0.25) is 0 Å². The van der Waals surface area contributed by atoms with Crippen molar-refractivity contribution in [1.82, 2.24) is 9.56 Å². The number of nitrogens with one attached hydrogen (secondary N) is 1. The minimum absolute atomic E-state index is 1.05. The first-order valence-corrected chi connectivity index (χ1v) is 8.02. The quantitative estimate of drug-likeness (QED) is 0.550. The van der Waals surface area contributed by atoms with Gasteiger partial charge in [-0.1, -0.05) is 13.8 Å². The Morgan fingerprint density at radius 3 is 2.48 bits per heavy atom. The topological polar surface area (TPSA) is 27.9 Å². The Morgan fingerprint density at radius 2 is 1.81 bits per heavy atom. The molecule has 0 fully saturated rings. The maximum atomic E-state index is 4.72. The van der Waals surface area contributed by atoms with Crippen molar-refractivity contribution in [2.45, 2.75) is 13.8 Å². The number of aromatic nitrogens is 1. The number of anilines is 1. The van der Waals surface area contributed by atoms with Crippen molar-refractivity contribution >= 4 is 27.2 Å². The van der Waals surface area contributed by atoms with E-state index in [1.165, 1.54) is 14.9 Å². The van der Waals surface area contributed by atoms with Crippen LogP contribution >= 0.6 is 11.3 Å². The van der Waals surface area contributed by atoms with Gasteiger partial charge in [0.2, 0.25) is 5.36 Å². The van der Waals surface area contributed by atoms with E-state index in [4.69, 9.17) is 4.98 Å². The Bertz CT molecular complexity index is 786. The summed E-state index contributed by atoms with van der Waals surface area (Å²) >= 11 is 1.78. The smallest absolute Gasteiger partial charge is 0.201 e. The van der Waals surface area contributed by atoms with Gasteiger partial charge in [-0.15, -0.1) is 11.3 Å². The number of benzene rings is 2. The molecule has 0 bridgehead atoms. The minimum Gasteiger partial charge on any atom is -0.388 e. The molecule has 0 atom stereocenters. The summed E-state index contributed by atoms with van der Waals surface area (Å²) in [6, 6.07) is 12.7. The van der Waals surface area contributed by atoms with Crippen LogP contribution in [0.2, 0.25) is 0 Å². The molecule has 4 heteroatoms. The van der Waals surface area contributed by atoms with E-state index >= 15 is 0 Å². The molecule has 21 heavy (non-hydrogen) atoms. The molecular formula is C17H22N3S+. The fraction of sp³-hybridized carbons (Fsp3) is 0.294. The van der Waals surface area contributed by atoms with E-state index in [0.29, 0.717) is 0 Å². The minimum atomic E-state index is 1.05. The standard InChI is InChI=1S/C15H15N3S.C2H6/c1-16-10-4-6-12-14(8-10)19-15-9-11(18(2)3)5-7-13(15)17-12;1-2/h4-9H,1-3H3;1-2H3/p+1. The zero-order valence-corrected chi connectivity index (χ0v) is 14.1. The predicted molar refractivity (Wildman–Crippen MR) is 94.3 cm³/mol. The van der Waals surface area contributed by atoms with Crippen LogP contribution in [0.15, 0.2) is 36.4 Å². The van der Waals surface area contributed by atoms with Gasteiger partial charge in [-0.05, 0) is 24.3 Å². The Hall–Kier alpha value is -1.94. The second-order valence-corrected chi connectivity index (χ2v) is 5.78. The van der Waals surface area contributed by atoms with Crippen LogP contribution in [-0.2, 0) is 0 Å². The first kappa shape index (κ1) is 15.4. The van der Waals surface area contributed by atoms with Gasteiger partial charge in [0.25, 0.3) is 0 Å². The van der Waals surface area contributed by atoms with Gasteiger partial charge in [0.05, 0.1) is 20.8 Å². The van der Waals surface area contributed by atoms with Crippen LogP contribution in [0, 0.1) is 0 Å². The number of hydrogen-bond donors (Lipinski definition) is 1. The van der Waals surface area contributed by atoms with Gasteiger partial charge in [0.15, 0.2) is 0 Å². The van der Waals surface area contributed by atoms with Crippen molar-refractivity contribution < 1.29 is 0 Å². The summed E-state index contributed by atoms with van der Waals surface area (Å²) in [4.78, 5) is 5.93. The van der Waals surface area contributed by atoms with Crippen LogP contribution in [0.1, 0.15) is 13.8 Å². The first-order valence-electron chi connectivity index (χ1n) is 7.20. The van der Waals surface area contributed by atoms with Crippen molar-refractivity contribution in [2.75, 3.05) is 26.5 Å². The molecule has 0 amide bonds. The average Bonchev–Trinajstić information content (AvgIpc) is 2.53. The van der Waals surface area contributed by atoms with Crippen LogP contribution in [0.5, 0.6) is 0 Å². The highest BCUT2D eigenvalue weighted by Gasteiger charge is 2.08. The molecule has 1 aromatic carbocycles. The molecule has 0 unspecified atom stereocenters. The van der Waals surface area contributed by atoms with Crippen molar-refractivity contribution in [1.29, 1.82) is 0 Å². The van der Waals surface area contributed by atoms with Gasteiger partial charge >= 0.3 is 0 Å². The second-order valence-electron chi connectivity index (χ2n) is 4.69. The van der Waals surface area contributed by atoms with E-state index in [2.05, 4.69) is 60.4 Å². The summed E-state index contributed by atoms with van der Waals surface area (Å²) in [5.41, 5.74) is 3.23. The summed E-state index contributed by atoms with van der Waals surface area (Å²) in [6.45, 7) is 4.00. The molecule has 1 aromatic rings. The van der Waals surface area contributed by atoms with E-state index in [1.54, 1.807) is 11.3 Å². The molecular weight excluding hydrogens is 278 g/mol. The lowest BCUT2D eigenvalue weighted by Gasteiger charge is -2.07. The van der Waals surface area contributed by atoms with Gasteiger partial charge in [0, 0.05) is 24.9 Å². The van der Waals surface area contributed by atoms with Crippen molar-refractivity contribution in [3.63, 3.8) is 0 Å². The molecule has 2 aliphatic rings. The molecule has 1 aliphatic carbocycles. The Kier molecular flexibility index (Phi) is 4.91. The SMILES string of the molecule is CC.CNc1ccc2nc3ccc(=[N+](C)C)cc-3sc2c1. The maximum Gasteiger partial charge on any atom is 0.201 e. The highest BCUT2D eigenvalue weighted by molar-refractivity contribution is 7.21. The number of nitrogens with zero attached hydrogens (tertiary/aromatic N) is 2. The first-order chi connectivity index (χ1) is 10.2. The molecule has 0 saturated heterocycles. The number of fused-ring (bicyclic) bond motifs is 2. The number of rotatable bonds is 1. The van der Waals surface area contributed by atoms with Crippen LogP contribution in [0.4, 0.5) is 5.69 Å². The maximum absolute atomic E-state index is 4.72. The summed E-state index contributed by atoms with van der Waals surface area (Å²) in [5, 5.41) is 4.37. The molecule has 0 spiro atoms. The van der Waals surface area contributed by atoms with Crippen LogP contribution in [-0.4, -0.2) is 26.1 Å². The molecule has 1 aliphatic heterocycles. The van der Waals surface area contributed by atoms with Crippen LogP contribution < -0.4 is 15.2 Å². The van der Waals surface area contributed by atoms with E-state index in [9.17, 15) is 0 Å². The fourth-order valence-corrected chi connectivity index (χ4v) is 3.09. The van der Waals surface area contributed by atoms with Gasteiger partial charge < -0.3 is 5.32 Å². The van der Waals surface area contributed by atoms with E-state index < -0.39 is 0 Å². The summed E-state index contributed by atoms with van der Waals surface area (Å²) < 4.78 is 3.32. The highest BCUT2D eigenvalue weighted by atomic mass is 32.1. The van der Waals surface area contributed by atoms with Crippen LogP contribution in [0.3, 0.4) is 0 Å². The lowest BCUT2D eigenvalue weighted by atomic mass is 10.2. The van der Waals surface area contributed by atoms with Gasteiger partial charge in [-0.2, -0.15) is 0 Å². The normalized spacial score (nSPS) is 10.1. The van der Waals surface area contributed by atoms with E-state index in [0.717, 1.165) is 16.9 Å². The van der Waals surface area contributed by atoms with Crippen molar-refractivity contribution in [2.24, 2.45) is 0 Å². The number of hydrogen-bond acceptors (Lipinski definition) is 3. The molecule has 0 saturated carbocycles. The lowest BCUT2D eigenvalue weighted by Crippen LogP contribution is -2.21. The van der Waals surface area contributed by atoms with Crippen molar-refractivity contribution in [3.05, 3.63) is 41.8 Å². The second kappa shape index (κ2) is 6.68. The average molecular weight is 300 g/mol. The molecule has 0 aromatic heterocycles. The molecule has 3 rings (SSSR count). The van der Waals surface area contributed by atoms with E-state index in [1.807, 2.05) is 20.9 Å². The molecule has 3 nitrogen and oxygen atoms in total. The van der Waals surface area contributed by atoms with Gasteiger partial charge in [-0.25, -0.2) is 9.56 Å². The third-order valence-corrected chi connectivity index (χ3v) is 4.26. The monoisotopic (exact) mass is 300 g/mol. The highest BCUT2D eigenvalue weighted by Crippen LogP contribution is 2.30. The Balaban J connectivity index is 0.000000774. The van der Waals surface area contributed by atoms with Crippen molar-refractivity contribution in [3.8, 4) is 10.6 Å². The fourth-order valence-electron chi connectivity index (χ4n) is 2.05. The molecule has 1 heterocycles. The largest absolute Gasteiger partial charge is 0.388 e. The Morgan fingerprint density at radius 1 is 1.05 bits per heavy atom. The summed E-state index contributed by atoms with van der Waals surface area (Å²) in [5.74, 6) is 0. The van der Waals surface area contributed by atoms with Crippen LogP contribution in [0.25, 0.3) is 20.8 Å². The van der Waals surface area contributed by atoms with E-state index in [-0.39, 0.29) is 0 Å². The third-order valence-electron chi connectivity index (χ3n) is 3.17. The molecule has 1 N–H and O–H groups in total. The Labute approximate surface area is 130 Å². The van der Waals surface area contributed by atoms with Gasteiger partial charge in [0.1, 0.15) is 14.1 Å². The summed E-state index contributed by atoms with van der Waals surface area (Å²) in [7, 11) is 6.04. The zero-order chi connectivity index (χ0) is 15.4. The third kappa shape index (κ3) is 3.22.